The van der Waals surface area contributed by atoms with Crippen LogP contribution >= 0.6 is 34.8 Å². The van der Waals surface area contributed by atoms with E-state index in [2.05, 4.69) is 4.98 Å². The van der Waals surface area contributed by atoms with E-state index in [1.807, 2.05) is 28.8 Å². The van der Waals surface area contributed by atoms with Crippen molar-refractivity contribution in [3.63, 3.8) is 0 Å². The molecule has 3 aromatic carbocycles. The van der Waals surface area contributed by atoms with Gasteiger partial charge in [0.15, 0.2) is 0 Å². The van der Waals surface area contributed by atoms with Crippen molar-refractivity contribution in [1.29, 1.82) is 0 Å². The highest BCUT2D eigenvalue weighted by Crippen LogP contribution is 2.29. The third-order valence-electron chi connectivity index (χ3n) is 4.36. The molecule has 0 saturated heterocycles. The van der Waals surface area contributed by atoms with Gasteiger partial charge in [0, 0.05) is 15.6 Å². The van der Waals surface area contributed by atoms with Crippen molar-refractivity contribution in [2.45, 2.75) is 13.2 Å². The topological polar surface area (TPSA) is 27.1 Å². The molecule has 142 valence electrons. The second-order valence-corrected chi connectivity index (χ2v) is 7.42. The van der Waals surface area contributed by atoms with Gasteiger partial charge in [-0.25, -0.2) is 9.37 Å². The number of benzene rings is 3. The fourth-order valence-corrected chi connectivity index (χ4v) is 3.67. The third-order valence-corrected chi connectivity index (χ3v) is 5.25. The van der Waals surface area contributed by atoms with Crippen molar-refractivity contribution >= 4 is 45.8 Å². The predicted octanol–water partition coefficient (Wildman–Crippen LogP) is 6.76. The maximum absolute atomic E-state index is 14.3. The van der Waals surface area contributed by atoms with Crippen molar-refractivity contribution in [2.24, 2.45) is 0 Å². The summed E-state index contributed by atoms with van der Waals surface area (Å²) in [6.07, 6.45) is 0. The lowest BCUT2D eigenvalue weighted by Gasteiger charge is -2.13. The van der Waals surface area contributed by atoms with Crippen LogP contribution in [0.15, 0.2) is 60.7 Å². The minimum absolute atomic E-state index is 0.155. The summed E-state index contributed by atoms with van der Waals surface area (Å²) in [5.74, 6) is 0.762. The largest absolute Gasteiger partial charge is 0.484 e. The highest BCUT2D eigenvalue weighted by molar-refractivity contribution is 6.35. The first-order valence-corrected chi connectivity index (χ1v) is 9.61. The molecule has 0 saturated carbocycles. The van der Waals surface area contributed by atoms with Gasteiger partial charge >= 0.3 is 0 Å². The second kappa shape index (κ2) is 8.00. The van der Waals surface area contributed by atoms with Crippen molar-refractivity contribution in [1.82, 2.24) is 9.55 Å². The number of rotatable bonds is 5. The van der Waals surface area contributed by atoms with E-state index in [0.717, 1.165) is 11.0 Å². The number of para-hydroxylation sites is 2. The van der Waals surface area contributed by atoms with Gasteiger partial charge in [0.25, 0.3) is 0 Å². The lowest BCUT2D eigenvalue weighted by atomic mass is 10.2. The molecule has 0 spiro atoms. The van der Waals surface area contributed by atoms with E-state index in [4.69, 9.17) is 39.5 Å². The quantitative estimate of drug-likeness (QED) is 0.346. The first kappa shape index (κ1) is 19.1. The normalized spacial score (nSPS) is 11.1. The van der Waals surface area contributed by atoms with Gasteiger partial charge in [0.1, 0.15) is 24.0 Å². The first-order valence-electron chi connectivity index (χ1n) is 8.48. The Balaban J connectivity index is 1.71. The Labute approximate surface area is 176 Å². The van der Waals surface area contributed by atoms with Gasteiger partial charge in [0.2, 0.25) is 0 Å². The molecule has 0 aliphatic rings. The molecule has 0 bridgehead atoms. The minimum Gasteiger partial charge on any atom is -0.484 e. The van der Waals surface area contributed by atoms with E-state index in [-0.39, 0.29) is 19.0 Å². The van der Waals surface area contributed by atoms with Crippen LogP contribution in [0.2, 0.25) is 15.1 Å². The van der Waals surface area contributed by atoms with Gasteiger partial charge in [0.05, 0.1) is 22.6 Å². The monoisotopic (exact) mass is 434 g/mol. The Bertz CT molecular complexity index is 1140. The lowest BCUT2D eigenvalue weighted by molar-refractivity contribution is 0.291. The minimum atomic E-state index is -0.363. The van der Waals surface area contributed by atoms with Crippen molar-refractivity contribution < 1.29 is 9.13 Å². The number of ether oxygens (including phenoxy) is 1. The van der Waals surface area contributed by atoms with Crippen molar-refractivity contribution in [3.05, 3.63) is 92.9 Å². The molecule has 0 aliphatic heterocycles. The molecule has 0 radical (unpaired) electrons. The van der Waals surface area contributed by atoms with Crippen LogP contribution in [0.3, 0.4) is 0 Å². The molecule has 28 heavy (non-hydrogen) atoms. The van der Waals surface area contributed by atoms with Crippen LogP contribution in [0.5, 0.6) is 5.75 Å². The summed E-state index contributed by atoms with van der Waals surface area (Å²) >= 11 is 18.3. The molecule has 4 rings (SSSR count). The number of nitrogens with zero attached hydrogens (tertiary/aromatic N) is 2. The van der Waals surface area contributed by atoms with Crippen molar-refractivity contribution in [2.75, 3.05) is 0 Å². The van der Waals surface area contributed by atoms with Crippen molar-refractivity contribution in [3.8, 4) is 5.75 Å². The Morgan fingerprint density at radius 1 is 0.929 bits per heavy atom. The van der Waals surface area contributed by atoms with Crippen LogP contribution in [-0.4, -0.2) is 9.55 Å². The lowest BCUT2D eigenvalue weighted by Crippen LogP contribution is -2.10. The molecule has 4 aromatic rings. The van der Waals surface area contributed by atoms with E-state index in [9.17, 15) is 4.39 Å². The molecular formula is C21H14Cl3FN2O. The van der Waals surface area contributed by atoms with Gasteiger partial charge < -0.3 is 9.30 Å². The van der Waals surface area contributed by atoms with E-state index in [0.29, 0.717) is 32.2 Å². The Morgan fingerprint density at radius 2 is 1.75 bits per heavy atom. The number of fused-ring (bicyclic) bond motifs is 1. The van der Waals surface area contributed by atoms with Crippen LogP contribution in [-0.2, 0) is 13.2 Å². The predicted molar refractivity (Wildman–Crippen MR) is 111 cm³/mol. The van der Waals surface area contributed by atoms with Crippen LogP contribution in [0.1, 0.15) is 11.4 Å². The smallest absolute Gasteiger partial charge is 0.148 e. The number of hydrogen-bond donors (Lipinski definition) is 0. The van der Waals surface area contributed by atoms with Gasteiger partial charge in [-0.2, -0.15) is 0 Å². The molecule has 0 atom stereocenters. The van der Waals surface area contributed by atoms with Crippen LogP contribution in [0, 0.1) is 5.82 Å². The third kappa shape index (κ3) is 3.81. The average molecular weight is 436 g/mol. The highest BCUT2D eigenvalue weighted by Gasteiger charge is 2.16. The van der Waals surface area contributed by atoms with E-state index in [1.54, 1.807) is 30.3 Å². The standard InChI is InChI=1S/C21H14Cl3FN2O/c22-13-8-9-20(16(24)10-13)28-12-21-26-18-6-1-2-7-19(18)27(21)11-14-15(23)4-3-5-17(14)25/h1-10H,11-12H2. The van der Waals surface area contributed by atoms with Crippen LogP contribution in [0.4, 0.5) is 4.39 Å². The fraction of sp³-hybridized carbons (Fsp3) is 0.0952. The first-order chi connectivity index (χ1) is 13.5. The zero-order chi connectivity index (χ0) is 19.7. The Kier molecular flexibility index (Phi) is 5.44. The average Bonchev–Trinajstić information content (AvgIpc) is 3.01. The van der Waals surface area contributed by atoms with Gasteiger partial charge in [-0.3, -0.25) is 0 Å². The number of imidazole rings is 1. The summed E-state index contributed by atoms with van der Waals surface area (Å²) in [4.78, 5) is 4.63. The van der Waals surface area contributed by atoms with Crippen LogP contribution < -0.4 is 4.74 Å². The summed E-state index contributed by atoms with van der Waals surface area (Å²) in [5.41, 5.74) is 2.05. The molecule has 0 fully saturated rings. The molecule has 0 amide bonds. The molecule has 1 heterocycles. The number of aromatic nitrogens is 2. The highest BCUT2D eigenvalue weighted by atomic mass is 35.5. The number of hydrogen-bond acceptors (Lipinski definition) is 2. The second-order valence-electron chi connectivity index (χ2n) is 6.17. The zero-order valence-electron chi connectivity index (χ0n) is 14.5. The van der Waals surface area contributed by atoms with Gasteiger partial charge in [-0.05, 0) is 42.5 Å². The summed E-state index contributed by atoms with van der Waals surface area (Å²) in [5, 5.41) is 1.30. The molecule has 0 N–H and O–H groups in total. The molecule has 0 unspecified atom stereocenters. The molecule has 7 heteroatoms. The van der Waals surface area contributed by atoms with E-state index < -0.39 is 0 Å². The number of halogens is 4. The maximum Gasteiger partial charge on any atom is 0.148 e. The van der Waals surface area contributed by atoms with Gasteiger partial charge in [-0.15, -0.1) is 0 Å². The summed E-state index contributed by atoms with van der Waals surface area (Å²) < 4.78 is 22.1. The Hall–Kier alpha value is -2.27. The summed E-state index contributed by atoms with van der Waals surface area (Å²) in [6.45, 7) is 0.390. The Morgan fingerprint density at radius 3 is 2.54 bits per heavy atom. The fourth-order valence-electron chi connectivity index (χ4n) is 2.99. The molecule has 0 aliphatic carbocycles. The molecule has 3 nitrogen and oxygen atoms in total. The van der Waals surface area contributed by atoms with E-state index >= 15 is 0 Å². The molecular weight excluding hydrogens is 422 g/mol. The summed E-state index contributed by atoms with van der Waals surface area (Å²) in [7, 11) is 0. The zero-order valence-corrected chi connectivity index (χ0v) is 16.8. The SMILES string of the molecule is Fc1cccc(Cl)c1Cn1c(COc2ccc(Cl)cc2Cl)nc2ccccc21. The van der Waals surface area contributed by atoms with Crippen LogP contribution in [0.25, 0.3) is 11.0 Å². The van der Waals surface area contributed by atoms with Gasteiger partial charge in [-0.1, -0.05) is 53.0 Å². The van der Waals surface area contributed by atoms with E-state index in [1.165, 1.54) is 6.07 Å². The maximum atomic E-state index is 14.3. The molecule has 1 aromatic heterocycles. The summed E-state index contributed by atoms with van der Waals surface area (Å²) in [6, 6.07) is 17.3.